The highest BCUT2D eigenvalue weighted by molar-refractivity contribution is 7.84. The summed E-state index contributed by atoms with van der Waals surface area (Å²) >= 11 is 5.87. The van der Waals surface area contributed by atoms with Crippen LogP contribution in [0.15, 0.2) is 12.3 Å². The Bertz CT molecular complexity index is 598. The second-order valence-electron chi connectivity index (χ2n) is 4.25. The molecule has 0 aliphatic rings. The van der Waals surface area contributed by atoms with Crippen LogP contribution in [0.3, 0.4) is 0 Å². The third kappa shape index (κ3) is 2.64. The summed E-state index contributed by atoms with van der Waals surface area (Å²) in [7, 11) is -0.808. The topological polar surface area (TPSA) is 73.8 Å². The van der Waals surface area contributed by atoms with E-state index in [9.17, 15) is 4.21 Å². The Hall–Kier alpha value is -1.14. The van der Waals surface area contributed by atoms with Crippen LogP contribution in [-0.2, 0) is 10.8 Å². The lowest BCUT2D eigenvalue weighted by Gasteiger charge is -2.14. The molecule has 2 N–H and O–H groups in total. The SMILES string of the molecule is CC(CCS(C)=O)n1c(N)nc2cc(Cl)cnc21. The van der Waals surface area contributed by atoms with Crippen molar-refractivity contribution in [2.75, 3.05) is 17.7 Å². The maximum absolute atomic E-state index is 11.1. The molecule has 0 fully saturated rings. The first-order valence-electron chi connectivity index (χ1n) is 5.58. The highest BCUT2D eigenvalue weighted by Crippen LogP contribution is 2.24. The standard InChI is InChI=1S/C11H15ClN4OS/c1-7(3-4-18(2)17)16-10-9(15-11(16)13)5-8(12)6-14-10/h5-7H,3-4H2,1-2H3,(H2,13,15). The van der Waals surface area contributed by atoms with Crippen molar-refractivity contribution in [1.82, 2.24) is 14.5 Å². The minimum atomic E-state index is -0.808. The maximum atomic E-state index is 11.1. The highest BCUT2D eigenvalue weighted by atomic mass is 35.5. The third-order valence-electron chi connectivity index (χ3n) is 2.79. The molecular formula is C11H15ClN4OS. The first kappa shape index (κ1) is 13.3. The number of nitrogens with two attached hydrogens (primary N) is 1. The monoisotopic (exact) mass is 286 g/mol. The van der Waals surface area contributed by atoms with Gasteiger partial charge in [-0.1, -0.05) is 11.6 Å². The van der Waals surface area contributed by atoms with Gasteiger partial charge in [0.05, 0.1) is 5.02 Å². The number of fused-ring (bicyclic) bond motifs is 1. The molecule has 2 unspecified atom stereocenters. The van der Waals surface area contributed by atoms with E-state index in [-0.39, 0.29) is 6.04 Å². The molecule has 0 radical (unpaired) electrons. The Morgan fingerprint density at radius 2 is 2.33 bits per heavy atom. The van der Waals surface area contributed by atoms with Gasteiger partial charge in [0.15, 0.2) is 5.65 Å². The molecule has 7 heteroatoms. The molecule has 18 heavy (non-hydrogen) atoms. The number of halogens is 1. The van der Waals surface area contributed by atoms with E-state index in [1.807, 2.05) is 11.5 Å². The summed E-state index contributed by atoms with van der Waals surface area (Å²) in [6.07, 6.45) is 4.04. The van der Waals surface area contributed by atoms with Gasteiger partial charge in [-0.05, 0) is 19.4 Å². The Morgan fingerprint density at radius 3 is 3.00 bits per heavy atom. The summed E-state index contributed by atoms with van der Waals surface area (Å²) in [5.41, 5.74) is 7.30. The number of hydrogen-bond acceptors (Lipinski definition) is 4. The van der Waals surface area contributed by atoms with Crippen LogP contribution < -0.4 is 5.73 Å². The van der Waals surface area contributed by atoms with Crippen molar-refractivity contribution in [3.8, 4) is 0 Å². The van der Waals surface area contributed by atoms with E-state index < -0.39 is 10.8 Å². The molecule has 98 valence electrons. The molecule has 0 spiro atoms. The minimum absolute atomic E-state index is 0.104. The molecule has 0 aliphatic heterocycles. The fourth-order valence-corrected chi connectivity index (χ4v) is 2.70. The van der Waals surface area contributed by atoms with Crippen LogP contribution >= 0.6 is 11.6 Å². The molecule has 0 bridgehead atoms. The predicted octanol–water partition coefficient (Wildman–Crippen LogP) is 2.00. The van der Waals surface area contributed by atoms with Crippen molar-refractivity contribution in [3.05, 3.63) is 17.3 Å². The Balaban J connectivity index is 2.37. The molecule has 2 aromatic rings. The fraction of sp³-hybridized carbons (Fsp3) is 0.455. The van der Waals surface area contributed by atoms with E-state index in [0.29, 0.717) is 27.9 Å². The van der Waals surface area contributed by atoms with Gasteiger partial charge in [0.25, 0.3) is 0 Å². The normalized spacial score (nSPS) is 14.8. The van der Waals surface area contributed by atoms with Gasteiger partial charge >= 0.3 is 0 Å². The number of hydrogen-bond donors (Lipinski definition) is 1. The number of pyridine rings is 1. The van der Waals surface area contributed by atoms with E-state index in [4.69, 9.17) is 17.3 Å². The van der Waals surface area contributed by atoms with Gasteiger partial charge in [-0.2, -0.15) is 0 Å². The van der Waals surface area contributed by atoms with Gasteiger partial charge in [0.2, 0.25) is 5.95 Å². The second-order valence-corrected chi connectivity index (χ2v) is 6.24. The van der Waals surface area contributed by atoms with Gasteiger partial charge in [0, 0.05) is 35.0 Å². The van der Waals surface area contributed by atoms with Crippen molar-refractivity contribution >= 4 is 39.5 Å². The lowest BCUT2D eigenvalue weighted by Crippen LogP contribution is -2.12. The molecule has 0 amide bonds. The summed E-state index contributed by atoms with van der Waals surface area (Å²) in [5, 5.41) is 0.537. The molecule has 2 rings (SSSR count). The van der Waals surface area contributed by atoms with Crippen molar-refractivity contribution < 1.29 is 4.21 Å². The Morgan fingerprint density at radius 1 is 1.61 bits per heavy atom. The van der Waals surface area contributed by atoms with Gasteiger partial charge in [-0.25, -0.2) is 9.97 Å². The van der Waals surface area contributed by atoms with Crippen LogP contribution in [0.25, 0.3) is 11.2 Å². The number of nitrogen functional groups attached to an aromatic ring is 1. The first-order chi connectivity index (χ1) is 8.49. The van der Waals surface area contributed by atoms with Crippen LogP contribution in [0.5, 0.6) is 0 Å². The quantitative estimate of drug-likeness (QED) is 0.933. The van der Waals surface area contributed by atoms with Crippen LogP contribution in [0, 0.1) is 0 Å². The molecule has 2 atom stereocenters. The van der Waals surface area contributed by atoms with Gasteiger partial charge in [0.1, 0.15) is 5.52 Å². The van der Waals surface area contributed by atoms with E-state index in [1.54, 1.807) is 18.5 Å². The Kier molecular flexibility index (Phi) is 3.87. The maximum Gasteiger partial charge on any atom is 0.202 e. The summed E-state index contributed by atoms with van der Waals surface area (Å²) in [6.45, 7) is 2.01. The fourth-order valence-electron chi connectivity index (χ4n) is 1.88. The summed E-state index contributed by atoms with van der Waals surface area (Å²) < 4.78 is 13.0. The van der Waals surface area contributed by atoms with Gasteiger partial charge < -0.3 is 5.73 Å². The highest BCUT2D eigenvalue weighted by Gasteiger charge is 2.15. The zero-order chi connectivity index (χ0) is 13.3. The average molecular weight is 287 g/mol. The van der Waals surface area contributed by atoms with Crippen LogP contribution in [0.1, 0.15) is 19.4 Å². The van der Waals surface area contributed by atoms with E-state index in [2.05, 4.69) is 9.97 Å². The lowest BCUT2D eigenvalue weighted by atomic mass is 10.2. The number of rotatable bonds is 4. The van der Waals surface area contributed by atoms with Crippen LogP contribution in [0.2, 0.25) is 5.02 Å². The van der Waals surface area contributed by atoms with E-state index >= 15 is 0 Å². The van der Waals surface area contributed by atoms with Crippen LogP contribution in [-0.4, -0.2) is 30.8 Å². The second kappa shape index (κ2) is 5.24. The number of anilines is 1. The van der Waals surface area contributed by atoms with Gasteiger partial charge in [-0.15, -0.1) is 0 Å². The van der Waals surface area contributed by atoms with Crippen molar-refractivity contribution in [1.29, 1.82) is 0 Å². The molecule has 2 aromatic heterocycles. The van der Waals surface area contributed by atoms with Crippen molar-refractivity contribution in [3.63, 3.8) is 0 Å². The predicted molar refractivity (Wildman–Crippen MR) is 75.2 cm³/mol. The number of imidazole rings is 1. The largest absolute Gasteiger partial charge is 0.369 e. The first-order valence-corrected chi connectivity index (χ1v) is 7.68. The number of nitrogens with zero attached hydrogens (tertiary/aromatic N) is 3. The molecule has 0 saturated carbocycles. The third-order valence-corrected chi connectivity index (χ3v) is 3.81. The molecule has 0 saturated heterocycles. The molecule has 0 aliphatic carbocycles. The van der Waals surface area contributed by atoms with Gasteiger partial charge in [-0.3, -0.25) is 8.78 Å². The van der Waals surface area contributed by atoms with Crippen molar-refractivity contribution in [2.45, 2.75) is 19.4 Å². The molecule has 5 nitrogen and oxygen atoms in total. The smallest absolute Gasteiger partial charge is 0.202 e. The lowest BCUT2D eigenvalue weighted by molar-refractivity contribution is 0.549. The Labute approximate surface area is 113 Å². The molecule has 0 aromatic carbocycles. The van der Waals surface area contributed by atoms with Crippen molar-refractivity contribution in [2.24, 2.45) is 0 Å². The zero-order valence-corrected chi connectivity index (χ0v) is 11.8. The van der Waals surface area contributed by atoms with E-state index in [0.717, 1.165) is 6.42 Å². The number of aromatic nitrogens is 3. The molecule has 2 heterocycles. The summed E-state index contributed by atoms with van der Waals surface area (Å²) in [6, 6.07) is 1.84. The summed E-state index contributed by atoms with van der Waals surface area (Å²) in [4.78, 5) is 8.50. The van der Waals surface area contributed by atoms with Crippen LogP contribution in [0.4, 0.5) is 5.95 Å². The summed E-state index contributed by atoms with van der Waals surface area (Å²) in [5.74, 6) is 1.04. The molecular weight excluding hydrogens is 272 g/mol. The zero-order valence-electron chi connectivity index (χ0n) is 10.3. The minimum Gasteiger partial charge on any atom is -0.369 e. The van der Waals surface area contributed by atoms with E-state index in [1.165, 1.54) is 0 Å². The average Bonchev–Trinajstić information content (AvgIpc) is 2.61.